The molecular weight excluding hydrogens is 280 g/mol. The van der Waals surface area contributed by atoms with E-state index in [1.54, 1.807) is 11.3 Å². The van der Waals surface area contributed by atoms with Gasteiger partial charge in [0.25, 0.3) is 5.91 Å². The lowest BCUT2D eigenvalue weighted by molar-refractivity contribution is 0.0953. The zero-order chi connectivity index (χ0) is 15.1. The van der Waals surface area contributed by atoms with Gasteiger partial charge in [0.05, 0.1) is 0 Å². The largest absolute Gasteiger partial charge is 0.385 e. The third kappa shape index (κ3) is 4.60. The van der Waals surface area contributed by atoms with Crippen molar-refractivity contribution in [2.24, 2.45) is 0 Å². The number of aryl methyl sites for hydroxylation is 1. The average Bonchev–Trinajstić information content (AvgIpc) is 2.98. The van der Waals surface area contributed by atoms with E-state index in [0.29, 0.717) is 6.54 Å². The van der Waals surface area contributed by atoms with Gasteiger partial charge >= 0.3 is 0 Å². The molecule has 21 heavy (non-hydrogen) atoms. The Morgan fingerprint density at radius 2 is 2.10 bits per heavy atom. The third-order valence-corrected chi connectivity index (χ3v) is 4.22. The summed E-state index contributed by atoms with van der Waals surface area (Å²) in [6.45, 7) is 5.74. The maximum atomic E-state index is 12.2. The minimum Gasteiger partial charge on any atom is -0.385 e. The quantitative estimate of drug-likeness (QED) is 0.815. The molecule has 0 bridgehead atoms. The molecule has 2 rings (SSSR count). The third-order valence-electron chi connectivity index (χ3n) is 3.29. The minimum absolute atomic E-state index is 0.00565. The van der Waals surface area contributed by atoms with E-state index in [4.69, 9.17) is 0 Å². The van der Waals surface area contributed by atoms with Gasteiger partial charge in [-0.05, 0) is 55.0 Å². The highest BCUT2D eigenvalue weighted by Gasteiger charge is 2.09. The molecule has 0 radical (unpaired) electrons. The lowest BCUT2D eigenvalue weighted by atomic mass is 10.1. The summed E-state index contributed by atoms with van der Waals surface area (Å²) in [7, 11) is 0. The van der Waals surface area contributed by atoms with Crippen molar-refractivity contribution in [2.45, 2.75) is 26.7 Å². The summed E-state index contributed by atoms with van der Waals surface area (Å²) in [5.74, 6) is 0.00565. The van der Waals surface area contributed by atoms with Gasteiger partial charge in [-0.3, -0.25) is 4.79 Å². The molecule has 0 spiro atoms. The molecule has 2 N–H and O–H groups in total. The number of carbonyl (C=O) groups excluding carboxylic acids is 1. The fourth-order valence-electron chi connectivity index (χ4n) is 2.15. The molecule has 1 aromatic carbocycles. The van der Waals surface area contributed by atoms with Crippen molar-refractivity contribution in [1.29, 1.82) is 0 Å². The highest BCUT2D eigenvalue weighted by Crippen LogP contribution is 2.15. The van der Waals surface area contributed by atoms with Gasteiger partial charge in [0.15, 0.2) is 0 Å². The summed E-state index contributed by atoms with van der Waals surface area (Å²) >= 11 is 1.72. The van der Waals surface area contributed by atoms with Gasteiger partial charge in [-0.15, -0.1) is 11.3 Å². The fourth-order valence-corrected chi connectivity index (χ4v) is 2.86. The number of amides is 1. The van der Waals surface area contributed by atoms with E-state index in [0.717, 1.165) is 36.2 Å². The first-order chi connectivity index (χ1) is 10.2. The molecule has 0 fully saturated rings. The first-order valence-electron chi connectivity index (χ1n) is 7.36. The van der Waals surface area contributed by atoms with Crippen LogP contribution in [0.1, 0.15) is 34.1 Å². The number of hydrogen-bond acceptors (Lipinski definition) is 3. The second-order valence-corrected chi connectivity index (χ2v) is 6.07. The molecule has 1 heterocycles. The van der Waals surface area contributed by atoms with Crippen LogP contribution < -0.4 is 10.6 Å². The van der Waals surface area contributed by atoms with E-state index in [-0.39, 0.29) is 5.91 Å². The Bertz CT molecular complexity index is 578. The van der Waals surface area contributed by atoms with Crippen LogP contribution in [-0.2, 0) is 6.42 Å². The summed E-state index contributed by atoms with van der Waals surface area (Å²) in [6, 6.07) is 10.0. The van der Waals surface area contributed by atoms with Gasteiger partial charge in [0.1, 0.15) is 0 Å². The highest BCUT2D eigenvalue weighted by molar-refractivity contribution is 7.09. The second kappa shape index (κ2) is 7.84. The summed E-state index contributed by atoms with van der Waals surface area (Å²) in [5.41, 5.74) is 2.83. The van der Waals surface area contributed by atoms with E-state index in [1.165, 1.54) is 4.88 Å². The monoisotopic (exact) mass is 302 g/mol. The van der Waals surface area contributed by atoms with Crippen LogP contribution in [0, 0.1) is 6.92 Å². The molecule has 3 nitrogen and oxygen atoms in total. The SMILES string of the molecule is CCCNc1ccc(C(=O)NCCc2cccs2)c(C)c1. The Balaban J connectivity index is 1.89. The molecule has 0 atom stereocenters. The summed E-state index contributed by atoms with van der Waals surface area (Å²) in [5, 5.41) is 8.38. The van der Waals surface area contributed by atoms with Crippen molar-refractivity contribution in [2.75, 3.05) is 18.4 Å². The Hall–Kier alpha value is -1.81. The van der Waals surface area contributed by atoms with Crippen LogP contribution in [0.5, 0.6) is 0 Å². The zero-order valence-electron chi connectivity index (χ0n) is 12.6. The van der Waals surface area contributed by atoms with Crippen molar-refractivity contribution >= 4 is 22.9 Å². The standard InChI is InChI=1S/C17H22N2OS/c1-3-9-18-14-6-7-16(13(2)12-14)17(20)19-10-8-15-5-4-11-21-15/h4-7,11-12,18H,3,8-10H2,1-2H3,(H,19,20). The topological polar surface area (TPSA) is 41.1 Å². The summed E-state index contributed by atoms with van der Waals surface area (Å²) in [4.78, 5) is 13.5. The highest BCUT2D eigenvalue weighted by atomic mass is 32.1. The number of anilines is 1. The van der Waals surface area contributed by atoms with E-state index >= 15 is 0 Å². The zero-order valence-corrected chi connectivity index (χ0v) is 13.4. The molecule has 4 heteroatoms. The molecule has 0 saturated heterocycles. The van der Waals surface area contributed by atoms with Crippen LogP contribution in [0.15, 0.2) is 35.7 Å². The molecule has 1 aromatic heterocycles. The Kier molecular flexibility index (Phi) is 5.81. The first-order valence-corrected chi connectivity index (χ1v) is 8.23. The number of thiophene rings is 1. The molecule has 0 aliphatic carbocycles. The number of carbonyl (C=O) groups is 1. The molecule has 0 aliphatic heterocycles. The van der Waals surface area contributed by atoms with Crippen molar-refractivity contribution in [3.8, 4) is 0 Å². The molecular formula is C17H22N2OS. The summed E-state index contributed by atoms with van der Waals surface area (Å²) < 4.78 is 0. The maximum absolute atomic E-state index is 12.2. The summed E-state index contributed by atoms with van der Waals surface area (Å²) in [6.07, 6.45) is 1.97. The van der Waals surface area contributed by atoms with Crippen molar-refractivity contribution in [3.05, 3.63) is 51.7 Å². The van der Waals surface area contributed by atoms with Gasteiger partial charge in [0, 0.05) is 29.2 Å². The molecule has 0 saturated carbocycles. The van der Waals surface area contributed by atoms with Crippen LogP contribution in [0.2, 0.25) is 0 Å². The van der Waals surface area contributed by atoms with E-state index < -0.39 is 0 Å². The molecule has 0 aliphatic rings. The Morgan fingerprint density at radius 1 is 1.24 bits per heavy atom. The van der Waals surface area contributed by atoms with Gasteiger partial charge in [-0.1, -0.05) is 13.0 Å². The molecule has 2 aromatic rings. The Morgan fingerprint density at radius 3 is 2.76 bits per heavy atom. The second-order valence-electron chi connectivity index (χ2n) is 5.04. The maximum Gasteiger partial charge on any atom is 0.251 e. The van der Waals surface area contributed by atoms with Crippen molar-refractivity contribution in [3.63, 3.8) is 0 Å². The number of hydrogen-bond donors (Lipinski definition) is 2. The fraction of sp³-hybridized carbons (Fsp3) is 0.353. The number of benzene rings is 1. The lowest BCUT2D eigenvalue weighted by Gasteiger charge is -2.10. The van der Waals surface area contributed by atoms with Gasteiger partial charge in [-0.2, -0.15) is 0 Å². The van der Waals surface area contributed by atoms with Crippen molar-refractivity contribution in [1.82, 2.24) is 5.32 Å². The number of rotatable bonds is 7. The van der Waals surface area contributed by atoms with E-state index in [1.807, 2.05) is 31.2 Å². The molecule has 112 valence electrons. The van der Waals surface area contributed by atoms with Crippen LogP contribution >= 0.6 is 11.3 Å². The number of nitrogens with one attached hydrogen (secondary N) is 2. The smallest absolute Gasteiger partial charge is 0.251 e. The van der Waals surface area contributed by atoms with Crippen molar-refractivity contribution < 1.29 is 4.79 Å². The van der Waals surface area contributed by atoms with Crippen LogP contribution in [0.3, 0.4) is 0 Å². The van der Waals surface area contributed by atoms with Crippen LogP contribution in [0.25, 0.3) is 0 Å². The molecule has 0 unspecified atom stereocenters. The van der Waals surface area contributed by atoms with Gasteiger partial charge in [0.2, 0.25) is 0 Å². The van der Waals surface area contributed by atoms with E-state index in [2.05, 4.69) is 29.0 Å². The van der Waals surface area contributed by atoms with Gasteiger partial charge < -0.3 is 10.6 Å². The van der Waals surface area contributed by atoms with Gasteiger partial charge in [-0.25, -0.2) is 0 Å². The van der Waals surface area contributed by atoms with E-state index in [9.17, 15) is 4.79 Å². The predicted octanol–water partition coefficient (Wildman–Crippen LogP) is 3.85. The molecule has 1 amide bonds. The average molecular weight is 302 g/mol. The minimum atomic E-state index is 0.00565. The Labute approximate surface area is 130 Å². The normalized spacial score (nSPS) is 10.4. The van der Waals surface area contributed by atoms with Crippen LogP contribution in [-0.4, -0.2) is 19.0 Å². The predicted molar refractivity (Wildman–Crippen MR) is 90.3 cm³/mol. The van der Waals surface area contributed by atoms with Crippen LogP contribution in [0.4, 0.5) is 5.69 Å². The lowest BCUT2D eigenvalue weighted by Crippen LogP contribution is -2.26. The first kappa shape index (κ1) is 15.6.